The molecule has 0 aliphatic carbocycles. The molecule has 0 saturated heterocycles. The number of hydrogen-bond donors (Lipinski definition) is 2. The number of nitrogens with one attached hydrogen (secondary N) is 1. The number of aromatic hydroxyl groups is 1. The monoisotopic (exact) mass is 249 g/mol. The fourth-order valence-corrected chi connectivity index (χ4v) is 2.17. The third kappa shape index (κ3) is 5.09. The summed E-state index contributed by atoms with van der Waals surface area (Å²) >= 11 is 0. The maximum Gasteiger partial charge on any atom is 0.115 e. The first kappa shape index (κ1) is 15.0. The molecule has 18 heavy (non-hydrogen) atoms. The van der Waals surface area contributed by atoms with Crippen molar-refractivity contribution in [3.05, 3.63) is 29.8 Å². The summed E-state index contributed by atoms with van der Waals surface area (Å²) in [6.45, 7) is 7.78. The maximum atomic E-state index is 9.27. The van der Waals surface area contributed by atoms with Gasteiger partial charge in [-0.2, -0.15) is 0 Å². The summed E-state index contributed by atoms with van der Waals surface area (Å²) in [5, 5.41) is 12.9. The molecule has 0 aliphatic heterocycles. The van der Waals surface area contributed by atoms with Gasteiger partial charge < -0.3 is 10.4 Å². The number of hydrogen-bond acceptors (Lipinski definition) is 2. The molecule has 1 rings (SSSR count). The molecule has 0 spiro atoms. The second-order valence-corrected chi connectivity index (χ2v) is 5.14. The highest BCUT2D eigenvalue weighted by Crippen LogP contribution is 2.18. The average molecular weight is 249 g/mol. The number of benzene rings is 1. The van der Waals surface area contributed by atoms with Crippen molar-refractivity contribution >= 4 is 0 Å². The lowest BCUT2D eigenvalue weighted by atomic mass is 9.98. The van der Waals surface area contributed by atoms with E-state index in [-0.39, 0.29) is 0 Å². The molecule has 0 aromatic heterocycles. The molecule has 0 bridgehead atoms. The van der Waals surface area contributed by atoms with Crippen LogP contribution in [0.2, 0.25) is 0 Å². The Bertz CT molecular complexity index is 320. The van der Waals surface area contributed by atoms with E-state index in [0.717, 1.165) is 12.5 Å². The predicted octanol–water partition coefficient (Wildman–Crippen LogP) is 4.26. The fraction of sp³-hybridized carbons (Fsp3) is 0.625. The zero-order valence-electron chi connectivity index (χ0n) is 11.9. The molecule has 0 radical (unpaired) electrons. The SMILES string of the molecule is CCCCC(CC)CNC(C)c1ccc(O)cc1. The Balaban J connectivity index is 2.39. The van der Waals surface area contributed by atoms with E-state index in [1.165, 1.54) is 31.2 Å². The Morgan fingerprint density at radius 1 is 1.17 bits per heavy atom. The Labute approximate surface area is 111 Å². The molecule has 2 unspecified atom stereocenters. The Hall–Kier alpha value is -1.02. The third-order valence-corrected chi connectivity index (χ3v) is 3.65. The van der Waals surface area contributed by atoms with E-state index in [9.17, 15) is 5.11 Å². The summed E-state index contributed by atoms with van der Waals surface area (Å²) in [4.78, 5) is 0. The van der Waals surface area contributed by atoms with Crippen LogP contribution in [-0.2, 0) is 0 Å². The van der Waals surface area contributed by atoms with Crippen molar-refractivity contribution in [2.24, 2.45) is 5.92 Å². The van der Waals surface area contributed by atoms with Gasteiger partial charge in [-0.05, 0) is 43.5 Å². The number of rotatable bonds is 8. The van der Waals surface area contributed by atoms with Gasteiger partial charge in [-0.25, -0.2) is 0 Å². The van der Waals surface area contributed by atoms with Crippen molar-refractivity contribution < 1.29 is 5.11 Å². The summed E-state index contributed by atoms with van der Waals surface area (Å²) < 4.78 is 0. The van der Waals surface area contributed by atoms with Gasteiger partial charge in [0.25, 0.3) is 0 Å². The molecule has 0 heterocycles. The summed E-state index contributed by atoms with van der Waals surface area (Å²) in [5.41, 5.74) is 1.23. The van der Waals surface area contributed by atoms with E-state index in [0.29, 0.717) is 11.8 Å². The normalized spacial score (nSPS) is 14.4. The van der Waals surface area contributed by atoms with Crippen LogP contribution in [0.3, 0.4) is 0 Å². The van der Waals surface area contributed by atoms with Gasteiger partial charge in [0.2, 0.25) is 0 Å². The van der Waals surface area contributed by atoms with Gasteiger partial charge in [0.05, 0.1) is 0 Å². The van der Waals surface area contributed by atoms with E-state index >= 15 is 0 Å². The van der Waals surface area contributed by atoms with E-state index in [4.69, 9.17) is 0 Å². The molecular weight excluding hydrogens is 222 g/mol. The van der Waals surface area contributed by atoms with E-state index in [2.05, 4.69) is 26.1 Å². The van der Waals surface area contributed by atoms with Crippen LogP contribution in [0.25, 0.3) is 0 Å². The molecule has 0 fully saturated rings. The minimum absolute atomic E-state index is 0.334. The van der Waals surface area contributed by atoms with Gasteiger partial charge >= 0.3 is 0 Å². The molecule has 1 aromatic carbocycles. The number of phenols is 1. The second-order valence-electron chi connectivity index (χ2n) is 5.14. The molecule has 0 aliphatic rings. The molecule has 2 atom stereocenters. The first-order valence-corrected chi connectivity index (χ1v) is 7.19. The standard InChI is InChI=1S/C16H27NO/c1-4-6-7-14(5-2)12-17-13(3)15-8-10-16(18)11-9-15/h8-11,13-14,17-18H,4-7,12H2,1-3H3. The van der Waals surface area contributed by atoms with Gasteiger partial charge in [0.1, 0.15) is 5.75 Å². The van der Waals surface area contributed by atoms with E-state index < -0.39 is 0 Å². The first-order valence-electron chi connectivity index (χ1n) is 7.19. The zero-order chi connectivity index (χ0) is 13.4. The van der Waals surface area contributed by atoms with E-state index in [1.54, 1.807) is 12.1 Å². The summed E-state index contributed by atoms with van der Waals surface area (Å²) in [7, 11) is 0. The van der Waals surface area contributed by atoms with E-state index in [1.807, 2.05) is 12.1 Å². The minimum Gasteiger partial charge on any atom is -0.508 e. The van der Waals surface area contributed by atoms with Crippen molar-refractivity contribution in [2.45, 2.75) is 52.5 Å². The van der Waals surface area contributed by atoms with Crippen LogP contribution in [0, 0.1) is 5.92 Å². The molecule has 2 heteroatoms. The van der Waals surface area contributed by atoms with Gasteiger partial charge in [-0.3, -0.25) is 0 Å². The smallest absolute Gasteiger partial charge is 0.115 e. The third-order valence-electron chi connectivity index (χ3n) is 3.65. The summed E-state index contributed by atoms with van der Waals surface area (Å²) in [6, 6.07) is 7.82. The molecule has 1 aromatic rings. The molecular formula is C16H27NO. The quantitative estimate of drug-likeness (QED) is 0.721. The topological polar surface area (TPSA) is 32.3 Å². The largest absolute Gasteiger partial charge is 0.508 e. The second kappa shape index (κ2) is 8.15. The van der Waals surface area contributed by atoms with Crippen molar-refractivity contribution in [3.63, 3.8) is 0 Å². The maximum absolute atomic E-state index is 9.27. The lowest BCUT2D eigenvalue weighted by Crippen LogP contribution is -2.25. The van der Waals surface area contributed by atoms with Gasteiger partial charge in [0.15, 0.2) is 0 Å². The van der Waals surface area contributed by atoms with Crippen LogP contribution in [0.4, 0.5) is 0 Å². The molecule has 2 N–H and O–H groups in total. The lowest BCUT2D eigenvalue weighted by Gasteiger charge is -2.20. The number of phenolic OH excluding ortho intramolecular Hbond substituents is 1. The predicted molar refractivity (Wildman–Crippen MR) is 77.8 cm³/mol. The van der Waals surface area contributed by atoms with Crippen LogP contribution in [-0.4, -0.2) is 11.7 Å². The molecule has 0 amide bonds. The molecule has 2 nitrogen and oxygen atoms in total. The van der Waals surface area contributed by atoms with Gasteiger partial charge in [-0.1, -0.05) is 45.2 Å². The Kier molecular flexibility index (Phi) is 6.81. The highest BCUT2D eigenvalue weighted by atomic mass is 16.3. The average Bonchev–Trinajstić information content (AvgIpc) is 2.39. The first-order chi connectivity index (χ1) is 8.67. The van der Waals surface area contributed by atoms with Crippen LogP contribution in [0.5, 0.6) is 5.75 Å². The summed E-state index contributed by atoms with van der Waals surface area (Å²) in [5.74, 6) is 1.12. The van der Waals surface area contributed by atoms with Crippen LogP contribution in [0.1, 0.15) is 58.1 Å². The van der Waals surface area contributed by atoms with Crippen molar-refractivity contribution in [1.82, 2.24) is 5.32 Å². The number of unbranched alkanes of at least 4 members (excludes halogenated alkanes) is 1. The van der Waals surface area contributed by atoms with Gasteiger partial charge in [-0.15, -0.1) is 0 Å². The van der Waals surface area contributed by atoms with Crippen LogP contribution >= 0.6 is 0 Å². The summed E-state index contributed by atoms with van der Waals surface area (Å²) in [6.07, 6.45) is 5.18. The van der Waals surface area contributed by atoms with Crippen LogP contribution in [0.15, 0.2) is 24.3 Å². The zero-order valence-corrected chi connectivity index (χ0v) is 11.9. The highest BCUT2D eigenvalue weighted by Gasteiger charge is 2.09. The van der Waals surface area contributed by atoms with Crippen LogP contribution < -0.4 is 5.32 Å². The highest BCUT2D eigenvalue weighted by molar-refractivity contribution is 5.27. The van der Waals surface area contributed by atoms with Crippen molar-refractivity contribution in [2.75, 3.05) is 6.54 Å². The van der Waals surface area contributed by atoms with Gasteiger partial charge in [0, 0.05) is 6.04 Å². The molecule has 0 saturated carbocycles. The Morgan fingerprint density at radius 3 is 2.39 bits per heavy atom. The lowest BCUT2D eigenvalue weighted by molar-refractivity contribution is 0.398. The van der Waals surface area contributed by atoms with Crippen molar-refractivity contribution in [3.8, 4) is 5.75 Å². The van der Waals surface area contributed by atoms with Crippen molar-refractivity contribution in [1.29, 1.82) is 0 Å². The Morgan fingerprint density at radius 2 is 1.83 bits per heavy atom. The fourth-order valence-electron chi connectivity index (χ4n) is 2.17. The minimum atomic E-state index is 0.334. The molecule has 102 valence electrons.